The van der Waals surface area contributed by atoms with Crippen LogP contribution in [0.15, 0.2) is 102 Å². The van der Waals surface area contributed by atoms with Crippen molar-refractivity contribution in [3.8, 4) is 22.6 Å². The van der Waals surface area contributed by atoms with Gasteiger partial charge in [-0.15, -0.1) is 0 Å². The molecule has 0 aliphatic carbocycles. The van der Waals surface area contributed by atoms with E-state index >= 15 is 0 Å². The minimum atomic E-state index is -1.09. The van der Waals surface area contributed by atoms with Crippen molar-refractivity contribution < 1.29 is 19.4 Å². The third kappa shape index (κ3) is 8.44. The molecule has 0 bridgehead atoms. The van der Waals surface area contributed by atoms with Crippen LogP contribution in [0.25, 0.3) is 11.1 Å². The first-order valence-corrected chi connectivity index (χ1v) is 14.6. The second-order valence-corrected chi connectivity index (χ2v) is 11.1. The Morgan fingerprint density at radius 3 is 2.34 bits per heavy atom. The van der Waals surface area contributed by atoms with Gasteiger partial charge in [0.25, 0.3) is 5.91 Å². The van der Waals surface area contributed by atoms with Crippen LogP contribution in [-0.2, 0) is 11.2 Å². The van der Waals surface area contributed by atoms with Gasteiger partial charge in [-0.25, -0.2) is 4.79 Å². The molecule has 0 radical (unpaired) electrons. The summed E-state index contributed by atoms with van der Waals surface area (Å²) in [6, 6.07) is 29.4. The number of halogens is 1. The van der Waals surface area contributed by atoms with E-state index in [1.807, 2.05) is 91.0 Å². The van der Waals surface area contributed by atoms with Crippen molar-refractivity contribution >= 4 is 33.5 Å². The number of para-hydroxylation sites is 2. The molecule has 7 heteroatoms. The Morgan fingerprint density at radius 2 is 1.63 bits per heavy atom. The Bertz CT molecular complexity index is 1460. The van der Waals surface area contributed by atoms with Gasteiger partial charge in [0.15, 0.2) is 0 Å². The van der Waals surface area contributed by atoms with E-state index < -0.39 is 17.9 Å². The number of carboxylic acids is 1. The summed E-state index contributed by atoms with van der Waals surface area (Å²) in [5.74, 6) is 0.393. The molecule has 0 saturated carbocycles. The van der Waals surface area contributed by atoms with E-state index in [2.05, 4.69) is 40.4 Å². The average molecular weight is 616 g/mol. The number of carbonyl (C=O) groups is 2. The first kappa shape index (κ1) is 29.9. The summed E-state index contributed by atoms with van der Waals surface area (Å²) >= 11 is 3.43. The van der Waals surface area contributed by atoms with Crippen molar-refractivity contribution in [2.24, 2.45) is 5.92 Å². The van der Waals surface area contributed by atoms with Crippen LogP contribution in [0, 0.1) is 5.92 Å². The summed E-state index contributed by atoms with van der Waals surface area (Å²) in [7, 11) is 0. The zero-order chi connectivity index (χ0) is 29.2. The zero-order valence-corrected chi connectivity index (χ0v) is 24.9. The molecule has 0 aliphatic rings. The van der Waals surface area contributed by atoms with E-state index in [0.717, 1.165) is 52.0 Å². The molecule has 4 aromatic carbocycles. The van der Waals surface area contributed by atoms with Gasteiger partial charge in [-0.2, -0.15) is 0 Å². The highest BCUT2D eigenvalue weighted by Crippen LogP contribution is 2.33. The number of carbonyl (C=O) groups excluding carboxylic acids is 1. The zero-order valence-electron chi connectivity index (χ0n) is 23.3. The molecule has 41 heavy (non-hydrogen) atoms. The SMILES string of the molecule is CCCC(C)CNc1ccc(Br)cc1C(=O)NC(Cc1ccc(-c2ccccc2Oc2ccccc2)cc1)C(=O)O. The molecule has 0 spiro atoms. The van der Waals surface area contributed by atoms with Gasteiger partial charge in [-0.3, -0.25) is 4.79 Å². The largest absolute Gasteiger partial charge is 0.480 e. The number of nitrogens with one attached hydrogen (secondary N) is 2. The number of rotatable bonds is 13. The van der Waals surface area contributed by atoms with Gasteiger partial charge in [-0.05, 0) is 59.9 Å². The number of hydrogen-bond donors (Lipinski definition) is 3. The van der Waals surface area contributed by atoms with E-state index in [9.17, 15) is 14.7 Å². The Labute approximate surface area is 249 Å². The molecular formula is C34H35BrN2O4. The summed E-state index contributed by atoms with van der Waals surface area (Å²) in [6.45, 7) is 5.04. The summed E-state index contributed by atoms with van der Waals surface area (Å²) < 4.78 is 6.85. The highest BCUT2D eigenvalue weighted by Gasteiger charge is 2.23. The van der Waals surface area contributed by atoms with Gasteiger partial charge in [0, 0.05) is 28.7 Å². The van der Waals surface area contributed by atoms with Crippen LogP contribution in [0.3, 0.4) is 0 Å². The summed E-state index contributed by atoms with van der Waals surface area (Å²) in [6.07, 6.45) is 2.32. The lowest BCUT2D eigenvalue weighted by Gasteiger charge is -2.19. The van der Waals surface area contributed by atoms with Gasteiger partial charge in [0.2, 0.25) is 0 Å². The Kier molecular flexibility index (Phi) is 10.6. The van der Waals surface area contributed by atoms with E-state index in [1.165, 1.54) is 0 Å². The normalized spacial score (nSPS) is 12.3. The molecule has 6 nitrogen and oxygen atoms in total. The molecule has 4 rings (SSSR count). The van der Waals surface area contributed by atoms with Crippen LogP contribution in [0.5, 0.6) is 11.5 Å². The second kappa shape index (κ2) is 14.5. The number of anilines is 1. The number of aliphatic carboxylic acids is 1. The Balaban J connectivity index is 1.47. The summed E-state index contributed by atoms with van der Waals surface area (Å²) in [5, 5.41) is 16.0. The van der Waals surface area contributed by atoms with Crippen molar-refractivity contribution in [3.63, 3.8) is 0 Å². The highest BCUT2D eigenvalue weighted by atomic mass is 79.9. The van der Waals surface area contributed by atoms with Crippen molar-refractivity contribution in [1.29, 1.82) is 0 Å². The van der Waals surface area contributed by atoms with Crippen LogP contribution in [0.1, 0.15) is 42.6 Å². The molecule has 0 aromatic heterocycles. The van der Waals surface area contributed by atoms with Gasteiger partial charge >= 0.3 is 5.97 Å². The van der Waals surface area contributed by atoms with Crippen LogP contribution >= 0.6 is 15.9 Å². The maximum atomic E-state index is 13.3. The molecule has 0 heterocycles. The molecule has 212 valence electrons. The predicted octanol–water partition coefficient (Wildman–Crippen LogP) is 8.18. The topological polar surface area (TPSA) is 87.7 Å². The van der Waals surface area contributed by atoms with Crippen LogP contribution in [0.2, 0.25) is 0 Å². The molecule has 0 aliphatic heterocycles. The summed E-state index contributed by atoms with van der Waals surface area (Å²) in [4.78, 5) is 25.4. The third-order valence-electron chi connectivity index (χ3n) is 6.81. The smallest absolute Gasteiger partial charge is 0.326 e. The van der Waals surface area contributed by atoms with Gasteiger partial charge in [-0.1, -0.05) is 96.9 Å². The van der Waals surface area contributed by atoms with E-state index in [0.29, 0.717) is 17.2 Å². The van der Waals surface area contributed by atoms with Crippen LogP contribution < -0.4 is 15.4 Å². The number of ether oxygens (including phenoxy) is 1. The number of amides is 1. The molecular weight excluding hydrogens is 580 g/mol. The average Bonchev–Trinajstić information content (AvgIpc) is 2.97. The lowest BCUT2D eigenvalue weighted by molar-refractivity contribution is -0.139. The monoisotopic (exact) mass is 614 g/mol. The minimum Gasteiger partial charge on any atom is -0.480 e. The lowest BCUT2D eigenvalue weighted by Crippen LogP contribution is -2.42. The van der Waals surface area contributed by atoms with Gasteiger partial charge < -0.3 is 20.5 Å². The molecule has 4 aromatic rings. The first-order chi connectivity index (χ1) is 19.8. The van der Waals surface area contributed by atoms with Crippen LogP contribution in [0.4, 0.5) is 5.69 Å². The van der Waals surface area contributed by atoms with E-state index in [1.54, 1.807) is 6.07 Å². The quantitative estimate of drug-likeness (QED) is 0.141. The standard InChI is InChI=1S/C34H35BrN2O4/c1-3-9-23(2)22-36-30-19-18-26(35)21-29(30)33(38)37-31(34(39)40)20-24-14-16-25(17-15-24)28-12-7-8-13-32(28)41-27-10-5-4-6-11-27/h4-8,10-19,21,23,31,36H,3,9,20,22H2,1-2H3,(H,37,38)(H,39,40). The number of benzene rings is 4. The van der Waals surface area contributed by atoms with Crippen molar-refractivity contribution in [2.45, 2.75) is 39.2 Å². The summed E-state index contributed by atoms with van der Waals surface area (Å²) in [5.41, 5.74) is 3.74. The van der Waals surface area contributed by atoms with Crippen molar-refractivity contribution in [3.05, 3.63) is 113 Å². The van der Waals surface area contributed by atoms with Crippen molar-refractivity contribution in [2.75, 3.05) is 11.9 Å². The third-order valence-corrected chi connectivity index (χ3v) is 7.31. The van der Waals surface area contributed by atoms with Gasteiger partial charge in [0.1, 0.15) is 17.5 Å². The Morgan fingerprint density at radius 1 is 0.927 bits per heavy atom. The maximum absolute atomic E-state index is 13.3. The van der Waals surface area contributed by atoms with Crippen LogP contribution in [-0.4, -0.2) is 29.6 Å². The first-order valence-electron chi connectivity index (χ1n) is 13.8. The van der Waals surface area contributed by atoms with Crippen molar-refractivity contribution in [1.82, 2.24) is 5.32 Å². The fourth-order valence-corrected chi connectivity index (χ4v) is 5.00. The molecule has 0 fully saturated rings. The van der Waals surface area contributed by atoms with E-state index in [4.69, 9.17) is 4.74 Å². The molecule has 2 unspecified atom stereocenters. The van der Waals surface area contributed by atoms with Gasteiger partial charge in [0.05, 0.1) is 5.56 Å². The second-order valence-electron chi connectivity index (χ2n) is 10.1. The molecule has 3 N–H and O–H groups in total. The lowest BCUT2D eigenvalue weighted by atomic mass is 9.99. The number of carboxylic acid groups (broad SMARTS) is 1. The molecule has 2 atom stereocenters. The van der Waals surface area contributed by atoms with E-state index in [-0.39, 0.29) is 6.42 Å². The Hall–Kier alpha value is -4.10. The highest BCUT2D eigenvalue weighted by molar-refractivity contribution is 9.10. The predicted molar refractivity (Wildman–Crippen MR) is 168 cm³/mol. The molecule has 1 amide bonds. The fraction of sp³-hybridized carbons (Fsp3) is 0.235. The fourth-order valence-electron chi connectivity index (χ4n) is 4.64. The maximum Gasteiger partial charge on any atom is 0.326 e. The number of hydrogen-bond acceptors (Lipinski definition) is 4. The minimum absolute atomic E-state index is 0.147. The molecule has 0 saturated heterocycles.